The van der Waals surface area contributed by atoms with Gasteiger partial charge < -0.3 is 9.73 Å². The van der Waals surface area contributed by atoms with Gasteiger partial charge in [-0.2, -0.15) is 4.80 Å². The quantitative estimate of drug-likeness (QED) is 0.781. The van der Waals surface area contributed by atoms with Crippen LogP contribution in [0.4, 0.5) is 0 Å². The largest absolute Gasteiger partial charge is 0.461 e. The Balaban J connectivity index is 1.73. The second-order valence-electron chi connectivity index (χ2n) is 4.40. The van der Waals surface area contributed by atoms with Gasteiger partial charge in [-0.05, 0) is 35.0 Å². The second kappa shape index (κ2) is 5.58. The minimum atomic E-state index is -0.111. The molecular weight excluding hydrogens is 270 g/mol. The molecule has 3 rings (SSSR count). The molecule has 106 valence electrons. The number of rotatable bonds is 4. The SMILES string of the molecule is CNC(=O)c1ccc(Cn2nnc(-c3ccco3)n2)cc1. The van der Waals surface area contributed by atoms with E-state index in [-0.39, 0.29) is 5.91 Å². The average molecular weight is 283 g/mol. The number of aromatic nitrogens is 4. The normalized spacial score (nSPS) is 10.5. The van der Waals surface area contributed by atoms with Crippen LogP contribution in [-0.2, 0) is 6.54 Å². The summed E-state index contributed by atoms with van der Waals surface area (Å²) in [7, 11) is 1.60. The van der Waals surface area contributed by atoms with Crippen molar-refractivity contribution in [1.82, 2.24) is 25.5 Å². The number of amides is 1. The molecule has 1 amide bonds. The van der Waals surface area contributed by atoms with Crippen LogP contribution >= 0.6 is 0 Å². The molecule has 0 saturated carbocycles. The number of nitrogens with zero attached hydrogens (tertiary/aromatic N) is 4. The Bertz CT molecular complexity index is 731. The maximum Gasteiger partial charge on any atom is 0.251 e. The lowest BCUT2D eigenvalue weighted by Crippen LogP contribution is -2.17. The molecule has 2 heterocycles. The molecule has 0 aliphatic rings. The summed E-state index contributed by atoms with van der Waals surface area (Å²) in [5, 5.41) is 14.7. The summed E-state index contributed by atoms with van der Waals surface area (Å²) in [5.74, 6) is 0.915. The van der Waals surface area contributed by atoms with E-state index in [0.29, 0.717) is 23.7 Å². The summed E-state index contributed by atoms with van der Waals surface area (Å²) in [6, 6.07) is 10.8. The van der Waals surface area contributed by atoms with E-state index in [2.05, 4.69) is 20.7 Å². The fourth-order valence-corrected chi connectivity index (χ4v) is 1.88. The number of hydrogen-bond acceptors (Lipinski definition) is 5. The van der Waals surface area contributed by atoms with E-state index >= 15 is 0 Å². The number of carbonyl (C=O) groups excluding carboxylic acids is 1. The molecule has 7 nitrogen and oxygen atoms in total. The van der Waals surface area contributed by atoms with E-state index in [1.807, 2.05) is 12.1 Å². The predicted octanol–water partition coefficient (Wildman–Crippen LogP) is 1.34. The highest BCUT2D eigenvalue weighted by molar-refractivity contribution is 5.93. The average Bonchev–Trinajstić information content (AvgIpc) is 3.18. The number of hydrogen-bond donors (Lipinski definition) is 1. The Labute approximate surface area is 120 Å². The molecule has 1 N–H and O–H groups in total. The number of nitrogens with one attached hydrogen (secondary N) is 1. The molecule has 3 aromatic rings. The van der Waals surface area contributed by atoms with E-state index in [1.165, 1.54) is 4.80 Å². The molecular formula is C14H13N5O2. The van der Waals surface area contributed by atoms with Gasteiger partial charge in [0.15, 0.2) is 5.76 Å². The first-order chi connectivity index (χ1) is 10.3. The minimum Gasteiger partial charge on any atom is -0.461 e. The maximum absolute atomic E-state index is 11.5. The molecule has 1 aromatic carbocycles. The molecule has 7 heteroatoms. The first-order valence-electron chi connectivity index (χ1n) is 6.39. The lowest BCUT2D eigenvalue weighted by molar-refractivity contribution is 0.0963. The maximum atomic E-state index is 11.5. The Morgan fingerprint density at radius 1 is 1.29 bits per heavy atom. The van der Waals surface area contributed by atoms with Crippen LogP contribution in [0.3, 0.4) is 0 Å². The van der Waals surface area contributed by atoms with Crippen molar-refractivity contribution >= 4 is 5.91 Å². The van der Waals surface area contributed by atoms with Crippen LogP contribution in [0.15, 0.2) is 47.1 Å². The summed E-state index contributed by atoms with van der Waals surface area (Å²) in [6.45, 7) is 0.474. The summed E-state index contributed by atoms with van der Waals surface area (Å²) in [6.07, 6.45) is 1.56. The number of benzene rings is 1. The first kappa shape index (κ1) is 13.0. The highest BCUT2D eigenvalue weighted by atomic mass is 16.3. The zero-order chi connectivity index (χ0) is 14.7. The molecule has 0 bridgehead atoms. The van der Waals surface area contributed by atoms with Crippen LogP contribution in [0.5, 0.6) is 0 Å². The van der Waals surface area contributed by atoms with Gasteiger partial charge >= 0.3 is 0 Å². The molecule has 0 atom stereocenters. The summed E-state index contributed by atoms with van der Waals surface area (Å²) < 4.78 is 5.21. The van der Waals surface area contributed by atoms with Crippen LogP contribution in [0, 0.1) is 0 Å². The van der Waals surface area contributed by atoms with E-state index < -0.39 is 0 Å². The molecule has 0 unspecified atom stereocenters. The van der Waals surface area contributed by atoms with Gasteiger partial charge in [-0.15, -0.1) is 10.2 Å². The predicted molar refractivity (Wildman–Crippen MR) is 74.5 cm³/mol. The number of carbonyl (C=O) groups is 1. The van der Waals surface area contributed by atoms with Gasteiger partial charge in [0.2, 0.25) is 5.82 Å². The van der Waals surface area contributed by atoms with Crippen LogP contribution in [0.2, 0.25) is 0 Å². The summed E-state index contributed by atoms with van der Waals surface area (Å²) in [4.78, 5) is 12.9. The van der Waals surface area contributed by atoms with Gasteiger partial charge in [0, 0.05) is 12.6 Å². The van der Waals surface area contributed by atoms with Crippen molar-refractivity contribution in [3.8, 4) is 11.6 Å². The monoisotopic (exact) mass is 283 g/mol. The van der Waals surface area contributed by atoms with Gasteiger partial charge in [0.25, 0.3) is 5.91 Å². The van der Waals surface area contributed by atoms with Gasteiger partial charge in [-0.25, -0.2) is 0 Å². The lowest BCUT2D eigenvalue weighted by atomic mass is 10.1. The molecule has 0 saturated heterocycles. The van der Waals surface area contributed by atoms with Crippen molar-refractivity contribution in [3.63, 3.8) is 0 Å². The van der Waals surface area contributed by atoms with Crippen LogP contribution < -0.4 is 5.32 Å². The lowest BCUT2D eigenvalue weighted by Gasteiger charge is -2.02. The Morgan fingerprint density at radius 2 is 2.10 bits per heavy atom. The summed E-state index contributed by atoms with van der Waals surface area (Å²) in [5.41, 5.74) is 1.59. The highest BCUT2D eigenvalue weighted by Crippen LogP contribution is 2.13. The van der Waals surface area contributed by atoms with Gasteiger partial charge in [-0.1, -0.05) is 12.1 Å². The third kappa shape index (κ3) is 2.81. The molecule has 2 aromatic heterocycles. The standard InChI is InChI=1S/C14H13N5O2/c1-15-14(20)11-6-4-10(5-7-11)9-19-17-13(16-18-19)12-3-2-8-21-12/h2-8H,9H2,1H3,(H,15,20). The van der Waals surface area contributed by atoms with E-state index in [1.54, 1.807) is 37.6 Å². The Morgan fingerprint density at radius 3 is 2.76 bits per heavy atom. The van der Waals surface area contributed by atoms with E-state index in [0.717, 1.165) is 5.56 Å². The Kier molecular flexibility index (Phi) is 3.46. The first-order valence-corrected chi connectivity index (χ1v) is 6.39. The second-order valence-corrected chi connectivity index (χ2v) is 4.40. The van der Waals surface area contributed by atoms with Crippen molar-refractivity contribution in [2.45, 2.75) is 6.54 Å². The zero-order valence-electron chi connectivity index (χ0n) is 11.4. The summed E-state index contributed by atoms with van der Waals surface area (Å²) >= 11 is 0. The van der Waals surface area contributed by atoms with Crippen molar-refractivity contribution in [1.29, 1.82) is 0 Å². The third-order valence-electron chi connectivity index (χ3n) is 2.96. The fourth-order valence-electron chi connectivity index (χ4n) is 1.88. The van der Waals surface area contributed by atoms with Gasteiger partial charge in [0.1, 0.15) is 0 Å². The minimum absolute atomic E-state index is 0.111. The van der Waals surface area contributed by atoms with Crippen molar-refractivity contribution in [2.75, 3.05) is 7.05 Å². The van der Waals surface area contributed by atoms with Crippen molar-refractivity contribution < 1.29 is 9.21 Å². The molecule has 0 radical (unpaired) electrons. The van der Waals surface area contributed by atoms with Crippen molar-refractivity contribution in [3.05, 3.63) is 53.8 Å². The third-order valence-corrected chi connectivity index (χ3v) is 2.96. The van der Waals surface area contributed by atoms with E-state index in [4.69, 9.17) is 4.42 Å². The van der Waals surface area contributed by atoms with Gasteiger partial charge in [-0.3, -0.25) is 4.79 Å². The molecule has 0 fully saturated rings. The topological polar surface area (TPSA) is 85.8 Å². The fraction of sp³-hybridized carbons (Fsp3) is 0.143. The zero-order valence-corrected chi connectivity index (χ0v) is 11.4. The molecule has 0 aliphatic heterocycles. The number of tetrazole rings is 1. The van der Waals surface area contributed by atoms with Gasteiger partial charge in [0.05, 0.1) is 12.8 Å². The Hall–Kier alpha value is -2.96. The number of furan rings is 1. The highest BCUT2D eigenvalue weighted by Gasteiger charge is 2.09. The van der Waals surface area contributed by atoms with Crippen LogP contribution in [-0.4, -0.2) is 33.2 Å². The molecule has 21 heavy (non-hydrogen) atoms. The van der Waals surface area contributed by atoms with Crippen LogP contribution in [0.1, 0.15) is 15.9 Å². The smallest absolute Gasteiger partial charge is 0.251 e. The molecule has 0 aliphatic carbocycles. The van der Waals surface area contributed by atoms with Crippen LogP contribution in [0.25, 0.3) is 11.6 Å². The van der Waals surface area contributed by atoms with Crippen molar-refractivity contribution in [2.24, 2.45) is 0 Å². The molecule has 0 spiro atoms. The van der Waals surface area contributed by atoms with E-state index in [9.17, 15) is 4.79 Å².